The van der Waals surface area contributed by atoms with E-state index in [1.807, 2.05) is 36.4 Å². The number of para-hydroxylation sites is 1. The van der Waals surface area contributed by atoms with E-state index in [2.05, 4.69) is 15.7 Å². The monoisotopic (exact) mass is 504 g/mol. The molecule has 7 nitrogen and oxygen atoms in total. The Morgan fingerprint density at radius 1 is 1.06 bits per heavy atom. The Morgan fingerprint density at radius 3 is 2.50 bits per heavy atom. The van der Waals surface area contributed by atoms with Gasteiger partial charge in [0.1, 0.15) is 23.2 Å². The summed E-state index contributed by atoms with van der Waals surface area (Å²) in [6.07, 6.45) is 3.50. The molecule has 0 fully saturated rings. The zero-order valence-corrected chi connectivity index (χ0v) is 20.2. The minimum absolute atomic E-state index is 0.325. The highest BCUT2D eigenvalue weighted by Gasteiger charge is 2.30. The Kier molecular flexibility index (Phi) is 6.35. The van der Waals surface area contributed by atoms with Crippen LogP contribution in [-0.2, 0) is 0 Å². The van der Waals surface area contributed by atoms with Crippen LogP contribution >= 0.6 is 11.6 Å². The van der Waals surface area contributed by atoms with Gasteiger partial charge in [0.25, 0.3) is 5.91 Å². The van der Waals surface area contributed by atoms with E-state index < -0.39 is 6.04 Å². The van der Waals surface area contributed by atoms with Gasteiger partial charge in [-0.3, -0.25) is 4.79 Å². The fraction of sp³-hybridized carbons (Fsp3) is 0.111. The van der Waals surface area contributed by atoms with E-state index in [1.165, 1.54) is 30.5 Å². The Balaban J connectivity index is 1.60. The maximum Gasteiger partial charge on any atom is 0.261 e. The van der Waals surface area contributed by atoms with Gasteiger partial charge in [0.05, 0.1) is 20.4 Å². The van der Waals surface area contributed by atoms with Gasteiger partial charge in [0, 0.05) is 22.0 Å². The Morgan fingerprint density at radius 2 is 1.81 bits per heavy atom. The van der Waals surface area contributed by atoms with Crippen LogP contribution in [0, 0.1) is 5.82 Å². The van der Waals surface area contributed by atoms with Gasteiger partial charge in [-0.1, -0.05) is 35.9 Å². The second-order valence-corrected chi connectivity index (χ2v) is 8.49. The lowest BCUT2D eigenvalue weighted by Gasteiger charge is -2.27. The number of carbonyl (C=O) groups is 1. The molecule has 5 rings (SSSR count). The minimum Gasteiger partial charge on any atom is -0.493 e. The van der Waals surface area contributed by atoms with Gasteiger partial charge in [-0.15, -0.1) is 0 Å². The van der Waals surface area contributed by atoms with Crippen LogP contribution in [0.5, 0.6) is 11.5 Å². The fourth-order valence-corrected chi connectivity index (χ4v) is 4.28. The van der Waals surface area contributed by atoms with Crippen LogP contribution in [0.3, 0.4) is 0 Å². The van der Waals surface area contributed by atoms with E-state index in [-0.39, 0.29) is 11.7 Å². The first kappa shape index (κ1) is 23.4. The van der Waals surface area contributed by atoms with Crippen molar-refractivity contribution in [3.05, 3.63) is 107 Å². The number of fused-ring (bicyclic) bond motifs is 1. The molecule has 0 saturated heterocycles. The summed E-state index contributed by atoms with van der Waals surface area (Å²) >= 11 is 6.10. The molecule has 0 unspecified atom stereocenters. The molecule has 36 heavy (non-hydrogen) atoms. The molecule has 0 spiro atoms. The number of carbonyl (C=O) groups excluding carboxylic acids is 1. The molecule has 2 N–H and O–H groups in total. The van der Waals surface area contributed by atoms with Crippen LogP contribution in [-0.4, -0.2) is 29.9 Å². The predicted octanol–water partition coefficient (Wildman–Crippen LogP) is 6.00. The highest BCUT2D eigenvalue weighted by molar-refractivity contribution is 6.30. The molecule has 9 heteroatoms. The molecule has 1 amide bonds. The summed E-state index contributed by atoms with van der Waals surface area (Å²) in [5.74, 6) is 0.877. The number of nitrogens with zero attached hydrogens (tertiary/aromatic N) is 2. The molecule has 0 bridgehead atoms. The van der Waals surface area contributed by atoms with Gasteiger partial charge >= 0.3 is 0 Å². The molecule has 4 aromatic rings. The second-order valence-electron chi connectivity index (χ2n) is 8.05. The summed E-state index contributed by atoms with van der Waals surface area (Å²) < 4.78 is 26.2. The SMILES string of the molecule is COc1cccc([C@H]2C=C(c3ccc(Cl)cc3)Nc3c(C(=O)Nc4ccc(F)cc4)cnn32)c1OC. The van der Waals surface area contributed by atoms with Crippen LogP contribution in [0.15, 0.2) is 79.0 Å². The van der Waals surface area contributed by atoms with Crippen molar-refractivity contribution in [3.8, 4) is 11.5 Å². The predicted molar refractivity (Wildman–Crippen MR) is 137 cm³/mol. The number of methoxy groups -OCH3 is 2. The third kappa shape index (κ3) is 4.38. The quantitative estimate of drug-likeness (QED) is 0.337. The van der Waals surface area contributed by atoms with Crippen molar-refractivity contribution < 1.29 is 18.7 Å². The van der Waals surface area contributed by atoms with Crippen molar-refractivity contribution in [2.75, 3.05) is 24.9 Å². The summed E-state index contributed by atoms with van der Waals surface area (Å²) in [7, 11) is 3.16. The molecule has 3 aromatic carbocycles. The summed E-state index contributed by atoms with van der Waals surface area (Å²) in [6.45, 7) is 0. The van der Waals surface area contributed by atoms with E-state index in [0.717, 1.165) is 16.8 Å². The van der Waals surface area contributed by atoms with E-state index >= 15 is 0 Å². The average molecular weight is 505 g/mol. The number of halogens is 2. The molecule has 0 radical (unpaired) electrons. The van der Waals surface area contributed by atoms with Crippen LogP contribution in [0.4, 0.5) is 15.9 Å². The summed E-state index contributed by atoms with van der Waals surface area (Å²) in [6, 6.07) is 18.2. The second kappa shape index (κ2) is 9.75. The smallest absolute Gasteiger partial charge is 0.261 e. The Bertz CT molecular complexity index is 1450. The number of ether oxygens (including phenoxy) is 2. The molecule has 1 atom stereocenters. The zero-order valence-electron chi connectivity index (χ0n) is 19.5. The molecular weight excluding hydrogens is 483 g/mol. The lowest BCUT2D eigenvalue weighted by atomic mass is 9.99. The lowest BCUT2D eigenvalue weighted by Crippen LogP contribution is -2.22. The van der Waals surface area contributed by atoms with E-state index in [9.17, 15) is 9.18 Å². The van der Waals surface area contributed by atoms with Crippen molar-refractivity contribution in [1.82, 2.24) is 9.78 Å². The highest BCUT2D eigenvalue weighted by atomic mass is 35.5. The summed E-state index contributed by atoms with van der Waals surface area (Å²) in [4.78, 5) is 13.2. The van der Waals surface area contributed by atoms with E-state index in [1.54, 1.807) is 31.0 Å². The highest BCUT2D eigenvalue weighted by Crippen LogP contribution is 2.41. The average Bonchev–Trinajstić information content (AvgIpc) is 3.33. The van der Waals surface area contributed by atoms with Gasteiger partial charge in [-0.2, -0.15) is 5.10 Å². The van der Waals surface area contributed by atoms with E-state index in [0.29, 0.717) is 33.6 Å². The molecule has 1 aliphatic rings. The fourth-order valence-electron chi connectivity index (χ4n) is 4.16. The first-order chi connectivity index (χ1) is 17.5. The number of aromatic nitrogens is 2. The Labute approximate surface area is 212 Å². The maximum absolute atomic E-state index is 13.3. The number of hydrogen-bond donors (Lipinski definition) is 2. The van der Waals surface area contributed by atoms with Gasteiger partial charge in [-0.05, 0) is 54.1 Å². The lowest BCUT2D eigenvalue weighted by molar-refractivity contribution is 0.102. The van der Waals surface area contributed by atoms with Crippen LogP contribution in [0.2, 0.25) is 5.02 Å². The maximum atomic E-state index is 13.3. The normalized spacial score (nSPS) is 14.3. The van der Waals surface area contributed by atoms with Crippen molar-refractivity contribution in [3.63, 3.8) is 0 Å². The van der Waals surface area contributed by atoms with Crippen LogP contribution < -0.4 is 20.1 Å². The topological polar surface area (TPSA) is 77.4 Å². The summed E-state index contributed by atoms with van der Waals surface area (Å²) in [5.41, 5.74) is 3.25. The van der Waals surface area contributed by atoms with Crippen molar-refractivity contribution in [2.24, 2.45) is 0 Å². The molecule has 1 aliphatic heterocycles. The summed E-state index contributed by atoms with van der Waals surface area (Å²) in [5, 5.41) is 11.3. The number of rotatable bonds is 6. The number of benzene rings is 3. The number of amides is 1. The van der Waals surface area contributed by atoms with Crippen molar-refractivity contribution in [2.45, 2.75) is 6.04 Å². The van der Waals surface area contributed by atoms with Crippen LogP contribution in [0.1, 0.15) is 27.5 Å². The largest absolute Gasteiger partial charge is 0.493 e. The number of anilines is 2. The molecule has 1 aromatic heterocycles. The third-order valence-electron chi connectivity index (χ3n) is 5.89. The molecule has 0 aliphatic carbocycles. The Hall–Kier alpha value is -4.30. The van der Waals surface area contributed by atoms with Gasteiger partial charge in [-0.25, -0.2) is 9.07 Å². The number of allylic oxidation sites excluding steroid dienone is 1. The zero-order chi connectivity index (χ0) is 25.2. The molecule has 2 heterocycles. The number of nitrogens with one attached hydrogen (secondary N) is 2. The minimum atomic E-state index is -0.413. The molecule has 182 valence electrons. The van der Waals surface area contributed by atoms with Gasteiger partial charge in [0.2, 0.25) is 0 Å². The van der Waals surface area contributed by atoms with Gasteiger partial charge in [0.15, 0.2) is 11.5 Å². The van der Waals surface area contributed by atoms with E-state index in [4.69, 9.17) is 21.1 Å². The molecule has 0 saturated carbocycles. The third-order valence-corrected chi connectivity index (χ3v) is 6.14. The van der Waals surface area contributed by atoms with Crippen molar-refractivity contribution in [1.29, 1.82) is 0 Å². The standard InChI is InChI=1S/C27H22ClFN4O3/c1-35-24-5-3-4-20(25(24)36-2)23-14-22(16-6-8-17(28)9-7-16)32-26-21(15-30-33(23)26)27(34)31-19-12-10-18(29)11-13-19/h3-15,23,32H,1-2H3,(H,31,34)/t23-/m1/s1. The van der Waals surface area contributed by atoms with Crippen molar-refractivity contribution >= 4 is 34.7 Å². The molecular formula is C27H22ClFN4O3. The number of hydrogen-bond acceptors (Lipinski definition) is 5. The first-order valence-electron chi connectivity index (χ1n) is 11.1. The van der Waals surface area contributed by atoms with Crippen LogP contribution in [0.25, 0.3) is 5.70 Å². The first-order valence-corrected chi connectivity index (χ1v) is 11.5. The van der Waals surface area contributed by atoms with Gasteiger partial charge < -0.3 is 20.1 Å².